The molecule has 6 nitrogen and oxygen atoms in total. The van der Waals surface area contributed by atoms with Crippen LogP contribution in [0.4, 0.5) is 0 Å². The molecule has 0 aromatic heterocycles. The van der Waals surface area contributed by atoms with Gasteiger partial charge in [0.05, 0.1) is 59.5 Å². The maximum absolute atomic E-state index is 5.44. The molecule has 0 fully saturated rings. The van der Waals surface area contributed by atoms with Crippen LogP contribution in [0.2, 0.25) is 0 Å². The van der Waals surface area contributed by atoms with Crippen LogP contribution in [0.5, 0.6) is 0 Å². The van der Waals surface area contributed by atoms with Crippen molar-refractivity contribution in [1.29, 1.82) is 0 Å². The molecule has 0 saturated heterocycles. The summed E-state index contributed by atoms with van der Waals surface area (Å²) in [5.74, 6) is 0. The minimum Gasteiger partial charge on any atom is -0.379 e. The molecule has 0 atom stereocenters. The summed E-state index contributed by atoms with van der Waals surface area (Å²) in [6.45, 7) is 9.53. The lowest BCUT2D eigenvalue weighted by molar-refractivity contribution is -0.0109. The van der Waals surface area contributed by atoms with Gasteiger partial charge < -0.3 is 29.0 Å². The summed E-state index contributed by atoms with van der Waals surface area (Å²) in [5, 5.41) is 3.02. The first-order chi connectivity index (χ1) is 10.9. The highest BCUT2D eigenvalue weighted by Gasteiger charge is 1.93. The van der Waals surface area contributed by atoms with Crippen molar-refractivity contribution < 1.29 is 23.7 Å². The predicted octanol–water partition coefficient (Wildman–Crippen LogP) is 1.48. The van der Waals surface area contributed by atoms with Crippen molar-refractivity contribution in [3.63, 3.8) is 0 Å². The first-order valence-electron chi connectivity index (χ1n) is 8.45. The number of ether oxygens (including phenoxy) is 5. The molecule has 0 amide bonds. The number of rotatable bonds is 19. The number of nitrogens with one attached hydrogen (secondary N) is 1. The molecule has 22 heavy (non-hydrogen) atoms. The fourth-order valence-electron chi connectivity index (χ4n) is 1.61. The molecule has 0 saturated carbocycles. The Balaban J connectivity index is 2.91. The SMILES string of the molecule is CCCCCOCCOCCOCCOCCOCCNC. The zero-order valence-electron chi connectivity index (χ0n) is 14.4. The Hall–Kier alpha value is -0.240. The minimum absolute atomic E-state index is 0.591. The standard InChI is InChI=1S/C16H35NO5/c1-3-4-5-7-18-9-11-20-13-15-22-16-14-21-12-10-19-8-6-17-2/h17H,3-16H2,1-2H3. The van der Waals surface area contributed by atoms with Gasteiger partial charge in [-0.25, -0.2) is 0 Å². The first kappa shape index (κ1) is 21.8. The van der Waals surface area contributed by atoms with E-state index in [0.717, 1.165) is 26.2 Å². The van der Waals surface area contributed by atoms with Crippen molar-refractivity contribution in [2.75, 3.05) is 79.7 Å². The van der Waals surface area contributed by atoms with Gasteiger partial charge in [-0.05, 0) is 13.5 Å². The Kier molecular flexibility index (Phi) is 20.5. The second-order valence-corrected chi connectivity index (χ2v) is 4.87. The van der Waals surface area contributed by atoms with E-state index in [2.05, 4.69) is 12.2 Å². The van der Waals surface area contributed by atoms with E-state index in [4.69, 9.17) is 23.7 Å². The molecular weight excluding hydrogens is 286 g/mol. The number of hydrogen-bond acceptors (Lipinski definition) is 6. The van der Waals surface area contributed by atoms with E-state index in [1.165, 1.54) is 12.8 Å². The van der Waals surface area contributed by atoms with Crippen molar-refractivity contribution >= 4 is 0 Å². The smallest absolute Gasteiger partial charge is 0.0701 e. The Morgan fingerprint density at radius 3 is 1.36 bits per heavy atom. The molecule has 0 bridgehead atoms. The van der Waals surface area contributed by atoms with Crippen LogP contribution in [0, 0.1) is 0 Å². The molecule has 134 valence electrons. The minimum atomic E-state index is 0.591. The van der Waals surface area contributed by atoms with E-state index in [9.17, 15) is 0 Å². The van der Waals surface area contributed by atoms with Gasteiger partial charge in [0, 0.05) is 13.2 Å². The quantitative estimate of drug-likeness (QED) is 0.364. The third-order valence-electron chi connectivity index (χ3n) is 2.88. The summed E-state index contributed by atoms with van der Waals surface area (Å²) in [7, 11) is 1.90. The number of unbranched alkanes of at least 4 members (excludes halogenated alkanes) is 2. The lowest BCUT2D eigenvalue weighted by Gasteiger charge is -2.08. The summed E-state index contributed by atoms with van der Waals surface area (Å²) in [5.41, 5.74) is 0. The van der Waals surface area contributed by atoms with Crippen LogP contribution < -0.4 is 5.32 Å². The third kappa shape index (κ3) is 19.8. The second-order valence-electron chi connectivity index (χ2n) is 4.87. The lowest BCUT2D eigenvalue weighted by Crippen LogP contribution is -2.17. The average molecular weight is 321 g/mol. The van der Waals surface area contributed by atoms with Crippen LogP contribution in [0.3, 0.4) is 0 Å². The molecule has 0 unspecified atom stereocenters. The number of likely N-dealkylation sites (N-methyl/N-ethyl adjacent to an activating group) is 1. The van der Waals surface area contributed by atoms with E-state index < -0.39 is 0 Å². The Bertz CT molecular complexity index is 175. The van der Waals surface area contributed by atoms with Gasteiger partial charge in [-0.1, -0.05) is 19.8 Å². The first-order valence-corrected chi connectivity index (χ1v) is 8.45. The van der Waals surface area contributed by atoms with Crippen molar-refractivity contribution in [1.82, 2.24) is 5.32 Å². The van der Waals surface area contributed by atoms with E-state index >= 15 is 0 Å². The summed E-state index contributed by atoms with van der Waals surface area (Å²) < 4.78 is 26.9. The highest BCUT2D eigenvalue weighted by Crippen LogP contribution is 1.93. The topological polar surface area (TPSA) is 58.2 Å². The average Bonchev–Trinajstić information content (AvgIpc) is 2.54. The Labute approximate surface area is 135 Å². The van der Waals surface area contributed by atoms with Crippen molar-refractivity contribution in [3.05, 3.63) is 0 Å². The van der Waals surface area contributed by atoms with Gasteiger partial charge in [0.2, 0.25) is 0 Å². The van der Waals surface area contributed by atoms with Crippen LogP contribution in [-0.4, -0.2) is 79.7 Å². The monoisotopic (exact) mass is 321 g/mol. The second kappa shape index (κ2) is 20.8. The predicted molar refractivity (Wildman–Crippen MR) is 87.5 cm³/mol. The number of hydrogen-bond donors (Lipinski definition) is 1. The van der Waals surface area contributed by atoms with Gasteiger partial charge >= 0.3 is 0 Å². The molecule has 0 rings (SSSR count). The van der Waals surface area contributed by atoms with E-state index in [-0.39, 0.29) is 0 Å². The molecule has 0 spiro atoms. The van der Waals surface area contributed by atoms with Crippen LogP contribution in [0.1, 0.15) is 26.2 Å². The maximum Gasteiger partial charge on any atom is 0.0701 e. The highest BCUT2D eigenvalue weighted by molar-refractivity contribution is 4.39. The van der Waals surface area contributed by atoms with E-state index in [1.807, 2.05) is 7.05 Å². The molecule has 0 heterocycles. The van der Waals surface area contributed by atoms with Crippen molar-refractivity contribution in [2.24, 2.45) is 0 Å². The lowest BCUT2D eigenvalue weighted by atomic mass is 10.3. The third-order valence-corrected chi connectivity index (χ3v) is 2.88. The molecule has 0 aliphatic rings. The molecule has 0 aromatic rings. The maximum atomic E-state index is 5.44. The van der Waals surface area contributed by atoms with Gasteiger partial charge in [0.1, 0.15) is 0 Å². The van der Waals surface area contributed by atoms with Crippen molar-refractivity contribution in [3.8, 4) is 0 Å². The molecule has 0 aliphatic carbocycles. The normalized spacial score (nSPS) is 11.2. The van der Waals surface area contributed by atoms with Gasteiger partial charge in [0.25, 0.3) is 0 Å². The molecule has 0 aromatic carbocycles. The Morgan fingerprint density at radius 2 is 0.955 bits per heavy atom. The fourth-order valence-corrected chi connectivity index (χ4v) is 1.61. The van der Waals surface area contributed by atoms with Crippen molar-refractivity contribution in [2.45, 2.75) is 26.2 Å². The summed E-state index contributed by atoms with van der Waals surface area (Å²) in [6, 6.07) is 0. The highest BCUT2D eigenvalue weighted by atomic mass is 16.6. The van der Waals surface area contributed by atoms with Crippen LogP contribution in [0.15, 0.2) is 0 Å². The van der Waals surface area contributed by atoms with Gasteiger partial charge in [-0.15, -0.1) is 0 Å². The van der Waals surface area contributed by atoms with E-state index in [1.54, 1.807) is 0 Å². The largest absolute Gasteiger partial charge is 0.379 e. The summed E-state index contributed by atoms with van der Waals surface area (Å²) in [4.78, 5) is 0. The van der Waals surface area contributed by atoms with Gasteiger partial charge in [-0.2, -0.15) is 0 Å². The molecule has 6 heteroatoms. The van der Waals surface area contributed by atoms with Crippen LogP contribution >= 0.6 is 0 Å². The van der Waals surface area contributed by atoms with Crippen LogP contribution in [-0.2, 0) is 23.7 Å². The molecule has 0 radical (unpaired) electrons. The van der Waals surface area contributed by atoms with Gasteiger partial charge in [0.15, 0.2) is 0 Å². The summed E-state index contributed by atoms with van der Waals surface area (Å²) in [6.07, 6.45) is 3.60. The van der Waals surface area contributed by atoms with E-state index in [0.29, 0.717) is 52.9 Å². The fraction of sp³-hybridized carbons (Fsp3) is 1.00. The van der Waals surface area contributed by atoms with Gasteiger partial charge in [-0.3, -0.25) is 0 Å². The zero-order chi connectivity index (χ0) is 16.1. The van der Waals surface area contributed by atoms with Crippen LogP contribution in [0.25, 0.3) is 0 Å². The Morgan fingerprint density at radius 1 is 0.545 bits per heavy atom. The zero-order valence-corrected chi connectivity index (χ0v) is 14.4. The molecule has 0 aliphatic heterocycles. The summed E-state index contributed by atoms with van der Waals surface area (Å²) >= 11 is 0. The molecular formula is C16H35NO5. The molecule has 1 N–H and O–H groups in total.